The average Bonchev–Trinajstić information content (AvgIpc) is 2.98. The topological polar surface area (TPSA) is 68.3 Å². The lowest BCUT2D eigenvalue weighted by atomic mass is 10.3. The average molecular weight is 361 g/mol. The normalized spacial score (nSPS) is 10.2. The van der Waals surface area contributed by atoms with Crippen molar-refractivity contribution in [3.05, 3.63) is 31.9 Å². The Labute approximate surface area is 125 Å². The number of esters is 1. The van der Waals surface area contributed by atoms with E-state index >= 15 is 0 Å². The molecule has 0 bridgehead atoms. The Morgan fingerprint density at radius 1 is 1.47 bits per heavy atom. The van der Waals surface area contributed by atoms with Crippen molar-refractivity contribution in [2.75, 3.05) is 12.4 Å². The molecule has 0 aromatic carbocycles. The number of ether oxygens (including phenoxy) is 1. The van der Waals surface area contributed by atoms with Crippen molar-refractivity contribution in [3.63, 3.8) is 0 Å². The maximum Gasteiger partial charge on any atom is 0.311 e. The molecule has 2 heterocycles. The molecular weight excluding hydrogens is 352 g/mol. The fourth-order valence-electron chi connectivity index (χ4n) is 1.26. The molecule has 1 amide bonds. The summed E-state index contributed by atoms with van der Waals surface area (Å²) in [4.78, 5) is 27.7. The third-order valence-corrected chi connectivity index (χ3v) is 4.55. The molecule has 0 aliphatic rings. The third-order valence-electron chi connectivity index (χ3n) is 2.12. The molecule has 2 aromatic rings. The number of carbonyl (C=O) groups excluding carboxylic acids is 2. The van der Waals surface area contributed by atoms with E-state index in [-0.39, 0.29) is 18.3 Å². The van der Waals surface area contributed by atoms with Crippen molar-refractivity contribution in [3.8, 4) is 0 Å². The Balaban J connectivity index is 2.00. The maximum absolute atomic E-state index is 11.9. The van der Waals surface area contributed by atoms with E-state index in [1.807, 2.05) is 6.07 Å². The molecular formula is C11H9BrN2O3S2. The van der Waals surface area contributed by atoms with Gasteiger partial charge in [0.1, 0.15) is 0 Å². The molecule has 0 saturated carbocycles. The molecule has 0 spiro atoms. The molecule has 2 rings (SSSR count). The van der Waals surface area contributed by atoms with Gasteiger partial charge in [-0.3, -0.25) is 14.9 Å². The summed E-state index contributed by atoms with van der Waals surface area (Å²) in [5.74, 6) is -0.569. The molecule has 0 radical (unpaired) electrons. The Hall–Kier alpha value is -1.25. The molecule has 0 atom stereocenters. The van der Waals surface area contributed by atoms with Gasteiger partial charge >= 0.3 is 5.97 Å². The number of aromatic nitrogens is 1. The summed E-state index contributed by atoms with van der Waals surface area (Å²) in [6.45, 7) is 0. The van der Waals surface area contributed by atoms with Crippen molar-refractivity contribution in [1.82, 2.24) is 4.98 Å². The Morgan fingerprint density at radius 3 is 2.89 bits per heavy atom. The van der Waals surface area contributed by atoms with Crippen molar-refractivity contribution in [2.24, 2.45) is 0 Å². The van der Waals surface area contributed by atoms with Gasteiger partial charge in [-0.15, -0.1) is 22.7 Å². The van der Waals surface area contributed by atoms with Crippen LogP contribution in [0.5, 0.6) is 0 Å². The van der Waals surface area contributed by atoms with Crippen molar-refractivity contribution in [1.29, 1.82) is 0 Å². The minimum absolute atomic E-state index is 0.105. The lowest BCUT2D eigenvalue weighted by molar-refractivity contribution is -0.139. The van der Waals surface area contributed by atoms with Crippen molar-refractivity contribution in [2.45, 2.75) is 6.42 Å². The van der Waals surface area contributed by atoms with Gasteiger partial charge < -0.3 is 4.74 Å². The summed E-state index contributed by atoms with van der Waals surface area (Å²) in [7, 11) is 1.33. The number of nitrogens with zero attached hydrogens (tertiary/aromatic N) is 1. The zero-order chi connectivity index (χ0) is 13.8. The first-order chi connectivity index (χ1) is 9.08. The fraction of sp³-hybridized carbons (Fsp3) is 0.182. The van der Waals surface area contributed by atoms with Crippen LogP contribution in [0.25, 0.3) is 0 Å². The number of carbonyl (C=O) groups is 2. The number of anilines is 1. The molecule has 0 aliphatic carbocycles. The molecule has 5 nitrogen and oxygen atoms in total. The number of methoxy groups -OCH3 is 1. The van der Waals surface area contributed by atoms with Gasteiger partial charge in [0.25, 0.3) is 5.91 Å². The molecule has 1 N–H and O–H groups in total. The molecule has 2 aromatic heterocycles. The summed E-state index contributed by atoms with van der Waals surface area (Å²) in [6.07, 6.45) is 0.105. The second kappa shape index (κ2) is 6.27. The van der Waals surface area contributed by atoms with Gasteiger partial charge in [0, 0.05) is 5.38 Å². The number of thiazole rings is 1. The van der Waals surface area contributed by atoms with E-state index in [1.165, 1.54) is 29.8 Å². The van der Waals surface area contributed by atoms with Crippen LogP contribution in [0.15, 0.2) is 21.3 Å². The predicted octanol–water partition coefficient (Wildman–Crippen LogP) is 2.93. The van der Waals surface area contributed by atoms with Gasteiger partial charge in [0.15, 0.2) is 5.13 Å². The highest BCUT2D eigenvalue weighted by Gasteiger charge is 2.12. The van der Waals surface area contributed by atoms with E-state index in [2.05, 4.69) is 31.0 Å². The van der Waals surface area contributed by atoms with E-state index in [0.717, 1.165) is 3.79 Å². The zero-order valence-electron chi connectivity index (χ0n) is 9.81. The van der Waals surface area contributed by atoms with Gasteiger partial charge in [-0.1, -0.05) is 0 Å². The first kappa shape index (κ1) is 14.2. The third kappa shape index (κ3) is 3.85. The second-order valence-electron chi connectivity index (χ2n) is 3.45. The molecule has 8 heteroatoms. The zero-order valence-corrected chi connectivity index (χ0v) is 13.0. The molecule has 100 valence electrons. The van der Waals surface area contributed by atoms with Crippen LogP contribution >= 0.6 is 38.6 Å². The number of nitrogens with one attached hydrogen (secondary N) is 1. The van der Waals surface area contributed by atoms with Crippen LogP contribution in [0.4, 0.5) is 5.13 Å². The Morgan fingerprint density at radius 2 is 2.26 bits per heavy atom. The number of thiophene rings is 1. The van der Waals surface area contributed by atoms with Gasteiger partial charge in [-0.2, -0.15) is 0 Å². The van der Waals surface area contributed by atoms with Crippen LogP contribution in [0.1, 0.15) is 15.4 Å². The summed E-state index contributed by atoms with van der Waals surface area (Å²) in [5.41, 5.74) is 0.583. The van der Waals surface area contributed by atoms with Crippen LogP contribution in [0.2, 0.25) is 0 Å². The number of halogens is 1. The summed E-state index contributed by atoms with van der Waals surface area (Å²) < 4.78 is 5.44. The van der Waals surface area contributed by atoms with E-state index in [1.54, 1.807) is 11.4 Å². The predicted molar refractivity (Wildman–Crippen MR) is 77.8 cm³/mol. The summed E-state index contributed by atoms with van der Waals surface area (Å²) in [5, 5.41) is 4.87. The SMILES string of the molecule is COC(=O)Cc1csc(NC(=O)c2ccc(Br)s2)n1. The molecule has 19 heavy (non-hydrogen) atoms. The minimum atomic E-state index is -0.356. The standard InChI is InChI=1S/C11H9BrN2O3S2/c1-17-9(15)4-6-5-18-11(13-6)14-10(16)7-2-3-8(12)19-7/h2-3,5H,4H2,1H3,(H,13,14,16). The quantitative estimate of drug-likeness (QED) is 0.851. The van der Waals surface area contributed by atoms with Crippen LogP contribution in [0.3, 0.4) is 0 Å². The highest BCUT2D eigenvalue weighted by Crippen LogP contribution is 2.24. The largest absolute Gasteiger partial charge is 0.469 e. The van der Waals surface area contributed by atoms with Crippen molar-refractivity contribution >= 4 is 55.6 Å². The summed E-state index contributed by atoms with van der Waals surface area (Å²) >= 11 is 5.92. The first-order valence-electron chi connectivity index (χ1n) is 5.16. The number of hydrogen-bond donors (Lipinski definition) is 1. The fourth-order valence-corrected chi connectivity index (χ4v) is 3.25. The van der Waals surface area contributed by atoms with Gasteiger partial charge in [-0.25, -0.2) is 4.98 Å². The maximum atomic E-state index is 11.9. The van der Waals surface area contributed by atoms with E-state index < -0.39 is 0 Å². The van der Waals surface area contributed by atoms with Crippen LogP contribution in [-0.2, 0) is 16.0 Å². The smallest absolute Gasteiger partial charge is 0.311 e. The highest BCUT2D eigenvalue weighted by atomic mass is 79.9. The van der Waals surface area contributed by atoms with Crippen molar-refractivity contribution < 1.29 is 14.3 Å². The second-order valence-corrected chi connectivity index (χ2v) is 6.78. The molecule has 0 fully saturated rings. The van der Waals surface area contributed by atoms with Gasteiger partial charge in [0.2, 0.25) is 0 Å². The Kier molecular flexibility index (Phi) is 4.67. The van der Waals surface area contributed by atoms with E-state index in [4.69, 9.17) is 0 Å². The van der Waals surface area contributed by atoms with Crippen LogP contribution in [0, 0.1) is 0 Å². The van der Waals surface area contributed by atoms with Crippen LogP contribution in [-0.4, -0.2) is 24.0 Å². The minimum Gasteiger partial charge on any atom is -0.469 e. The number of hydrogen-bond acceptors (Lipinski definition) is 6. The lowest BCUT2D eigenvalue weighted by Gasteiger charge is -1.98. The first-order valence-corrected chi connectivity index (χ1v) is 7.65. The summed E-state index contributed by atoms with van der Waals surface area (Å²) in [6, 6.07) is 3.54. The van der Waals surface area contributed by atoms with Crippen LogP contribution < -0.4 is 5.32 Å². The lowest BCUT2D eigenvalue weighted by Crippen LogP contribution is -2.10. The highest BCUT2D eigenvalue weighted by molar-refractivity contribution is 9.11. The number of rotatable bonds is 4. The monoisotopic (exact) mass is 360 g/mol. The van der Waals surface area contributed by atoms with E-state index in [9.17, 15) is 9.59 Å². The van der Waals surface area contributed by atoms with Gasteiger partial charge in [0.05, 0.1) is 27.9 Å². The Bertz CT molecular complexity index is 609. The van der Waals surface area contributed by atoms with Gasteiger partial charge in [-0.05, 0) is 28.1 Å². The molecule has 0 aliphatic heterocycles. The molecule has 0 unspecified atom stereocenters. The van der Waals surface area contributed by atoms with E-state index in [0.29, 0.717) is 15.7 Å². The number of amides is 1. The molecule has 0 saturated heterocycles.